The minimum absolute atomic E-state index is 0.120. The van der Waals surface area contributed by atoms with Crippen molar-refractivity contribution in [2.75, 3.05) is 20.0 Å². The molecule has 1 aliphatic heterocycles. The van der Waals surface area contributed by atoms with E-state index in [1.807, 2.05) is 13.0 Å². The molecule has 0 unspecified atom stereocenters. The van der Waals surface area contributed by atoms with Crippen LogP contribution in [-0.4, -0.2) is 38.7 Å². The molecule has 3 atom stereocenters. The lowest BCUT2D eigenvalue weighted by molar-refractivity contribution is 0.121. The van der Waals surface area contributed by atoms with Crippen molar-refractivity contribution < 1.29 is 22.6 Å². The monoisotopic (exact) mass is 453 g/mol. The molecular formula is C20H20ClNO5S2. The van der Waals surface area contributed by atoms with Gasteiger partial charge in [-0.3, -0.25) is 0 Å². The fraction of sp³-hybridized carbons (Fsp3) is 0.350. The van der Waals surface area contributed by atoms with Crippen molar-refractivity contribution in [2.24, 2.45) is 11.1 Å². The van der Waals surface area contributed by atoms with E-state index in [0.717, 1.165) is 5.56 Å². The maximum absolute atomic E-state index is 13.5. The molecule has 1 fully saturated rings. The highest BCUT2D eigenvalue weighted by Gasteiger charge is 2.73. The first-order valence-electron chi connectivity index (χ1n) is 9.09. The van der Waals surface area contributed by atoms with E-state index in [1.54, 1.807) is 24.3 Å². The molecule has 1 aliphatic carbocycles. The van der Waals surface area contributed by atoms with E-state index >= 15 is 0 Å². The second-order valence-corrected chi connectivity index (χ2v) is 10.00. The Kier molecular flexibility index (Phi) is 5.23. The van der Waals surface area contributed by atoms with Crippen molar-refractivity contribution in [1.82, 2.24) is 0 Å². The highest BCUT2D eigenvalue weighted by Crippen LogP contribution is 2.65. The van der Waals surface area contributed by atoms with Gasteiger partial charge in [0, 0.05) is 17.5 Å². The maximum Gasteiger partial charge on any atom is 0.231 e. The molecule has 0 aromatic heterocycles. The molecule has 6 nitrogen and oxygen atoms in total. The third-order valence-electron chi connectivity index (χ3n) is 5.49. The van der Waals surface area contributed by atoms with Crippen LogP contribution >= 0.6 is 23.8 Å². The van der Waals surface area contributed by atoms with Crippen LogP contribution in [0.15, 0.2) is 47.4 Å². The molecule has 0 spiro atoms. The number of ether oxygens (including phenoxy) is 3. The summed E-state index contributed by atoms with van der Waals surface area (Å²) >= 11 is 11.3. The normalized spacial score (nSPS) is 25.0. The number of nitrogens with two attached hydrogens (primary N) is 1. The summed E-state index contributed by atoms with van der Waals surface area (Å²) in [6.07, 6.45) is 0. The zero-order chi connectivity index (χ0) is 20.8. The van der Waals surface area contributed by atoms with Gasteiger partial charge in [0.2, 0.25) is 6.79 Å². The average Bonchev–Trinajstić information content (AvgIpc) is 3.18. The summed E-state index contributed by atoms with van der Waals surface area (Å²) in [4.78, 5) is 0.295. The Morgan fingerprint density at radius 3 is 2.59 bits per heavy atom. The Hall–Kier alpha value is -1.87. The number of sulfone groups is 1. The first-order valence-corrected chi connectivity index (χ1v) is 11.4. The smallest absolute Gasteiger partial charge is 0.231 e. The van der Waals surface area contributed by atoms with Crippen LogP contribution in [0.4, 0.5) is 0 Å². The van der Waals surface area contributed by atoms with Gasteiger partial charge in [-0.2, -0.15) is 0 Å². The van der Waals surface area contributed by atoms with E-state index in [-0.39, 0.29) is 23.3 Å². The number of halogens is 1. The van der Waals surface area contributed by atoms with Crippen LogP contribution in [0.1, 0.15) is 18.4 Å². The first kappa shape index (κ1) is 20.4. The second kappa shape index (κ2) is 7.43. The number of hydrogen-bond acceptors (Lipinski definition) is 6. The highest BCUT2D eigenvalue weighted by atomic mass is 35.5. The minimum atomic E-state index is -3.76. The van der Waals surface area contributed by atoms with Gasteiger partial charge in [0.15, 0.2) is 21.3 Å². The molecule has 2 aliphatic rings. The van der Waals surface area contributed by atoms with Crippen molar-refractivity contribution in [3.8, 4) is 11.5 Å². The molecule has 2 N–H and O–H groups in total. The Morgan fingerprint density at radius 1 is 1.24 bits per heavy atom. The number of hydrogen-bond donors (Lipinski definition) is 1. The Labute approximate surface area is 179 Å². The van der Waals surface area contributed by atoms with Crippen LogP contribution in [0.25, 0.3) is 0 Å². The fourth-order valence-electron chi connectivity index (χ4n) is 4.02. The molecular weight excluding hydrogens is 434 g/mol. The Bertz CT molecular complexity index is 1060. The molecule has 154 valence electrons. The molecule has 1 heterocycles. The summed E-state index contributed by atoms with van der Waals surface area (Å²) in [7, 11) is -3.76. The summed E-state index contributed by atoms with van der Waals surface area (Å²) in [5, 5.41) is -0.386. The third-order valence-corrected chi connectivity index (χ3v) is 8.41. The van der Waals surface area contributed by atoms with E-state index in [2.05, 4.69) is 0 Å². The van der Waals surface area contributed by atoms with Gasteiger partial charge in [0.05, 0.1) is 27.2 Å². The van der Waals surface area contributed by atoms with Gasteiger partial charge in [-0.05, 0) is 48.9 Å². The average molecular weight is 454 g/mol. The molecule has 29 heavy (non-hydrogen) atoms. The van der Waals surface area contributed by atoms with Crippen LogP contribution in [0.3, 0.4) is 0 Å². The predicted octanol–water partition coefficient (Wildman–Crippen LogP) is 3.32. The molecule has 0 amide bonds. The number of rotatable bonds is 7. The quantitative estimate of drug-likeness (QED) is 0.643. The van der Waals surface area contributed by atoms with E-state index in [4.69, 9.17) is 43.8 Å². The van der Waals surface area contributed by atoms with Crippen molar-refractivity contribution >= 4 is 38.6 Å². The molecule has 2 aromatic carbocycles. The molecule has 1 saturated carbocycles. The predicted molar refractivity (Wildman–Crippen MR) is 113 cm³/mol. The second-order valence-electron chi connectivity index (χ2n) is 7.05. The van der Waals surface area contributed by atoms with Gasteiger partial charge in [0.25, 0.3) is 0 Å². The first-order chi connectivity index (χ1) is 13.8. The van der Waals surface area contributed by atoms with Crippen LogP contribution in [0, 0.1) is 5.41 Å². The summed E-state index contributed by atoms with van der Waals surface area (Å²) in [6, 6.07) is 11.5. The van der Waals surface area contributed by atoms with Crippen molar-refractivity contribution in [3.05, 3.63) is 53.1 Å². The summed E-state index contributed by atoms with van der Waals surface area (Å²) in [5.41, 5.74) is 5.88. The molecule has 0 bridgehead atoms. The topological polar surface area (TPSA) is 87.8 Å². The van der Waals surface area contributed by atoms with E-state index < -0.39 is 26.4 Å². The zero-order valence-corrected chi connectivity index (χ0v) is 18.0. The van der Waals surface area contributed by atoms with Gasteiger partial charge in [-0.15, -0.1) is 0 Å². The standard InChI is InChI=1S/C20H20ClNO5S2/c1-2-25-10-20(19(22)28)17(12-3-8-15-16(9-12)27-11-26-15)18(20)29(23,24)14-6-4-13(21)5-7-14/h3-9,17-18H,2,10-11H2,1H3,(H2,22,28)/t17-,18-,20+/m1/s1. The highest BCUT2D eigenvalue weighted by molar-refractivity contribution is 7.92. The molecule has 9 heteroatoms. The largest absolute Gasteiger partial charge is 0.454 e. The summed E-state index contributed by atoms with van der Waals surface area (Å²) in [6.45, 7) is 2.52. The number of fused-ring (bicyclic) bond motifs is 1. The van der Waals surface area contributed by atoms with E-state index in [1.165, 1.54) is 12.1 Å². The minimum Gasteiger partial charge on any atom is -0.454 e. The van der Waals surface area contributed by atoms with Gasteiger partial charge in [-0.25, -0.2) is 8.42 Å². The fourth-order valence-corrected chi connectivity index (χ4v) is 6.92. The van der Waals surface area contributed by atoms with Crippen LogP contribution in [0.5, 0.6) is 11.5 Å². The Balaban J connectivity index is 1.80. The number of benzene rings is 2. The Morgan fingerprint density at radius 2 is 1.93 bits per heavy atom. The SMILES string of the molecule is CCOC[C@]1(C(N)=S)[C@H](c2ccc3c(c2)OCO3)[C@H]1S(=O)(=O)c1ccc(Cl)cc1. The summed E-state index contributed by atoms with van der Waals surface area (Å²) in [5.74, 6) is 0.740. The molecule has 4 rings (SSSR count). The van der Waals surface area contributed by atoms with Crippen LogP contribution < -0.4 is 15.2 Å². The summed E-state index contributed by atoms with van der Waals surface area (Å²) < 4.78 is 43.5. The lowest BCUT2D eigenvalue weighted by Crippen LogP contribution is -2.33. The van der Waals surface area contributed by atoms with Crippen molar-refractivity contribution in [1.29, 1.82) is 0 Å². The van der Waals surface area contributed by atoms with Gasteiger partial charge < -0.3 is 19.9 Å². The van der Waals surface area contributed by atoms with E-state index in [0.29, 0.717) is 23.1 Å². The van der Waals surface area contributed by atoms with Crippen LogP contribution in [-0.2, 0) is 14.6 Å². The maximum atomic E-state index is 13.5. The molecule has 0 radical (unpaired) electrons. The van der Waals surface area contributed by atoms with E-state index in [9.17, 15) is 8.42 Å². The van der Waals surface area contributed by atoms with Crippen LogP contribution in [0.2, 0.25) is 5.02 Å². The van der Waals surface area contributed by atoms with Crippen molar-refractivity contribution in [3.63, 3.8) is 0 Å². The molecule has 2 aromatic rings. The lowest BCUT2D eigenvalue weighted by atomic mass is 9.99. The van der Waals surface area contributed by atoms with Gasteiger partial charge in [0.1, 0.15) is 0 Å². The zero-order valence-electron chi connectivity index (χ0n) is 15.6. The lowest BCUT2D eigenvalue weighted by Gasteiger charge is -2.17. The van der Waals surface area contributed by atoms with Gasteiger partial charge >= 0.3 is 0 Å². The van der Waals surface area contributed by atoms with Gasteiger partial charge in [-0.1, -0.05) is 29.9 Å². The number of thiocarbonyl (C=S) groups is 1. The third kappa shape index (κ3) is 3.28. The molecule has 0 saturated heterocycles. The van der Waals surface area contributed by atoms with Crippen molar-refractivity contribution in [2.45, 2.75) is 23.0 Å².